The fraction of sp³-hybridized carbons (Fsp3) is 0.650. The van der Waals surface area contributed by atoms with Crippen LogP contribution in [0.3, 0.4) is 0 Å². The average Bonchev–Trinajstić information content (AvgIpc) is 2.98. The number of carbonyl (C=O) groups excluding carboxylic acids is 1. The molecule has 1 aromatic carbocycles. The minimum atomic E-state index is -0.265. The second kappa shape index (κ2) is 4.75. The largest absolute Gasteiger partial charge is 0.488 e. The molecule has 1 saturated heterocycles. The molecule has 1 aromatic rings. The van der Waals surface area contributed by atoms with E-state index < -0.39 is 0 Å². The molecule has 0 unspecified atom stereocenters. The molecule has 1 aliphatic carbocycles. The second-order valence-electron chi connectivity index (χ2n) is 8.48. The third kappa shape index (κ3) is 1.91. The molecule has 0 spiro atoms. The molecule has 3 aliphatic rings. The van der Waals surface area contributed by atoms with Gasteiger partial charge in [-0.25, -0.2) is 0 Å². The molecular formula is C20H27NO2. The Morgan fingerprint density at radius 3 is 2.70 bits per heavy atom. The molecule has 23 heavy (non-hydrogen) atoms. The number of carbonyl (C=O) groups is 1. The average molecular weight is 313 g/mol. The quantitative estimate of drug-likeness (QED) is 0.778. The van der Waals surface area contributed by atoms with E-state index in [-0.39, 0.29) is 23.0 Å². The number of likely N-dealkylation sites (tertiary alicyclic amines) is 1. The van der Waals surface area contributed by atoms with E-state index in [4.69, 9.17) is 4.74 Å². The summed E-state index contributed by atoms with van der Waals surface area (Å²) in [6.45, 7) is 9.76. The van der Waals surface area contributed by atoms with Gasteiger partial charge in [0.05, 0.1) is 18.0 Å². The summed E-state index contributed by atoms with van der Waals surface area (Å²) < 4.78 is 6.08. The summed E-state index contributed by atoms with van der Waals surface area (Å²) in [7, 11) is 0. The van der Waals surface area contributed by atoms with Crippen LogP contribution in [0.5, 0.6) is 5.75 Å². The van der Waals surface area contributed by atoms with Crippen LogP contribution in [0.25, 0.3) is 0 Å². The Hall–Kier alpha value is -1.51. The zero-order chi connectivity index (χ0) is 16.4. The maximum absolute atomic E-state index is 13.6. The predicted octanol–water partition coefficient (Wildman–Crippen LogP) is 4.18. The Kier molecular flexibility index (Phi) is 3.11. The van der Waals surface area contributed by atoms with E-state index in [0.29, 0.717) is 11.8 Å². The first-order valence-corrected chi connectivity index (χ1v) is 8.91. The van der Waals surface area contributed by atoms with Crippen molar-refractivity contribution in [3.05, 3.63) is 29.8 Å². The molecule has 3 heteroatoms. The van der Waals surface area contributed by atoms with Gasteiger partial charge in [0.15, 0.2) is 0 Å². The van der Waals surface area contributed by atoms with E-state index in [9.17, 15) is 4.79 Å². The fourth-order valence-electron chi connectivity index (χ4n) is 4.88. The number of ether oxygens (including phenoxy) is 1. The first-order valence-electron chi connectivity index (χ1n) is 8.91. The van der Waals surface area contributed by atoms with Gasteiger partial charge in [-0.1, -0.05) is 45.9 Å². The third-order valence-electron chi connectivity index (χ3n) is 7.30. The van der Waals surface area contributed by atoms with Gasteiger partial charge in [0, 0.05) is 12.0 Å². The highest BCUT2D eigenvalue weighted by Crippen LogP contribution is 2.58. The van der Waals surface area contributed by atoms with E-state index in [2.05, 4.69) is 38.7 Å². The normalized spacial score (nSPS) is 37.4. The van der Waals surface area contributed by atoms with Gasteiger partial charge in [0.1, 0.15) is 11.9 Å². The van der Waals surface area contributed by atoms with Crippen molar-refractivity contribution < 1.29 is 9.53 Å². The molecule has 2 aliphatic heterocycles. The molecule has 2 fully saturated rings. The van der Waals surface area contributed by atoms with Gasteiger partial charge in [0.2, 0.25) is 5.91 Å². The first-order chi connectivity index (χ1) is 10.8. The molecule has 0 radical (unpaired) electrons. The Morgan fingerprint density at radius 1 is 1.26 bits per heavy atom. The summed E-state index contributed by atoms with van der Waals surface area (Å²) in [4.78, 5) is 15.7. The fourth-order valence-corrected chi connectivity index (χ4v) is 4.88. The zero-order valence-corrected chi connectivity index (χ0v) is 14.6. The van der Waals surface area contributed by atoms with Gasteiger partial charge in [-0.15, -0.1) is 0 Å². The maximum Gasteiger partial charge on any atom is 0.229 e. The lowest BCUT2D eigenvalue weighted by Gasteiger charge is -2.43. The first kappa shape index (κ1) is 15.0. The van der Waals surface area contributed by atoms with E-state index in [0.717, 1.165) is 31.6 Å². The number of hydrogen-bond donors (Lipinski definition) is 0. The molecule has 0 aromatic heterocycles. The van der Waals surface area contributed by atoms with Crippen molar-refractivity contribution in [3.63, 3.8) is 0 Å². The van der Waals surface area contributed by atoms with Gasteiger partial charge in [0.25, 0.3) is 0 Å². The number of hydrogen-bond acceptors (Lipinski definition) is 2. The summed E-state index contributed by atoms with van der Waals surface area (Å²) >= 11 is 0. The molecule has 1 amide bonds. The van der Waals surface area contributed by atoms with Crippen molar-refractivity contribution in [2.45, 2.75) is 59.1 Å². The summed E-state index contributed by atoms with van der Waals surface area (Å²) in [6.07, 6.45) is 3.24. The molecule has 4 rings (SSSR count). The highest BCUT2D eigenvalue weighted by molar-refractivity contribution is 5.84. The molecule has 2 heterocycles. The maximum atomic E-state index is 13.6. The molecule has 3 nitrogen and oxygen atoms in total. The minimum absolute atomic E-state index is 0.0428. The Bertz CT molecular complexity index is 653. The zero-order valence-electron chi connectivity index (χ0n) is 14.6. The van der Waals surface area contributed by atoms with Crippen LogP contribution in [0.4, 0.5) is 0 Å². The summed E-state index contributed by atoms with van der Waals surface area (Å²) in [5.41, 5.74) is 0.960. The highest BCUT2D eigenvalue weighted by atomic mass is 16.5. The van der Waals surface area contributed by atoms with Crippen molar-refractivity contribution in [2.75, 3.05) is 6.54 Å². The summed E-state index contributed by atoms with van der Waals surface area (Å²) in [5, 5.41) is 0. The van der Waals surface area contributed by atoms with Gasteiger partial charge in [-0.2, -0.15) is 0 Å². The van der Waals surface area contributed by atoms with Crippen LogP contribution in [-0.2, 0) is 4.79 Å². The van der Waals surface area contributed by atoms with Gasteiger partial charge in [-0.05, 0) is 30.2 Å². The molecule has 0 N–H and O–H groups in total. The summed E-state index contributed by atoms with van der Waals surface area (Å²) in [5.74, 6) is 1.88. The predicted molar refractivity (Wildman–Crippen MR) is 90.2 cm³/mol. The monoisotopic (exact) mass is 313 g/mol. The minimum Gasteiger partial charge on any atom is -0.488 e. The van der Waals surface area contributed by atoms with Gasteiger partial charge < -0.3 is 9.64 Å². The number of amides is 1. The standard InChI is InChI=1S/C20H27NO2/c1-13-9-10-20(4,19(13,2)3)18(22)21-12-14-11-16(21)15-7-5-6-8-17(15)23-14/h5-8,13-14,16H,9-12H2,1-4H3/t13-,14-,16-,20-/m0/s1. The van der Waals surface area contributed by atoms with Crippen LogP contribution in [0.1, 0.15) is 58.6 Å². The van der Waals surface area contributed by atoms with E-state index in [1.165, 1.54) is 5.56 Å². The van der Waals surface area contributed by atoms with Crippen molar-refractivity contribution in [1.82, 2.24) is 4.90 Å². The molecular weight excluding hydrogens is 286 g/mol. The molecule has 124 valence electrons. The summed E-state index contributed by atoms with van der Waals surface area (Å²) in [6, 6.07) is 8.41. The van der Waals surface area contributed by atoms with Crippen LogP contribution in [0, 0.1) is 16.7 Å². The van der Waals surface area contributed by atoms with Gasteiger partial charge >= 0.3 is 0 Å². The molecule has 2 bridgehead atoms. The number of nitrogens with zero attached hydrogens (tertiary/aromatic N) is 1. The third-order valence-corrected chi connectivity index (χ3v) is 7.30. The van der Waals surface area contributed by atoms with E-state index in [1.807, 2.05) is 18.2 Å². The topological polar surface area (TPSA) is 29.5 Å². The Morgan fingerprint density at radius 2 is 2.00 bits per heavy atom. The Labute approximate surface area is 139 Å². The number of fused-ring (bicyclic) bond motifs is 4. The molecule has 1 saturated carbocycles. The van der Waals surface area contributed by atoms with Crippen molar-refractivity contribution in [2.24, 2.45) is 16.7 Å². The van der Waals surface area contributed by atoms with Crippen molar-refractivity contribution in [1.29, 1.82) is 0 Å². The van der Waals surface area contributed by atoms with Crippen LogP contribution in [0.15, 0.2) is 24.3 Å². The highest BCUT2D eigenvalue weighted by Gasteiger charge is 2.57. The van der Waals surface area contributed by atoms with E-state index in [1.54, 1.807) is 0 Å². The van der Waals surface area contributed by atoms with E-state index >= 15 is 0 Å². The lowest BCUT2D eigenvalue weighted by Crippen LogP contribution is -2.48. The lowest BCUT2D eigenvalue weighted by molar-refractivity contribution is -0.148. The number of benzene rings is 1. The van der Waals surface area contributed by atoms with Crippen LogP contribution in [0.2, 0.25) is 0 Å². The SMILES string of the molecule is C[C@H]1CC[C@@](C)(C(=O)N2C[C@@H]3C[C@H]2c2ccccc2O3)C1(C)C. The Balaban J connectivity index is 1.69. The lowest BCUT2D eigenvalue weighted by atomic mass is 9.65. The van der Waals surface area contributed by atoms with Crippen LogP contribution in [-0.4, -0.2) is 23.5 Å². The van der Waals surface area contributed by atoms with Crippen LogP contribution < -0.4 is 4.74 Å². The number of rotatable bonds is 1. The molecule has 4 atom stereocenters. The van der Waals surface area contributed by atoms with Crippen molar-refractivity contribution in [3.8, 4) is 5.75 Å². The van der Waals surface area contributed by atoms with Crippen LogP contribution >= 0.6 is 0 Å². The number of para-hydroxylation sites is 1. The van der Waals surface area contributed by atoms with Gasteiger partial charge in [-0.3, -0.25) is 4.79 Å². The van der Waals surface area contributed by atoms with Crippen molar-refractivity contribution >= 4 is 5.91 Å². The second-order valence-corrected chi connectivity index (χ2v) is 8.48. The smallest absolute Gasteiger partial charge is 0.229 e.